The molecular formula is C13H24N2O2. The number of hydrogen-bond acceptors (Lipinski definition) is 2. The van der Waals surface area contributed by atoms with Crippen molar-refractivity contribution >= 4 is 11.8 Å². The Morgan fingerprint density at radius 1 is 1.06 bits per heavy atom. The van der Waals surface area contributed by atoms with Crippen LogP contribution in [0.4, 0.5) is 0 Å². The molecule has 0 spiro atoms. The van der Waals surface area contributed by atoms with Crippen molar-refractivity contribution in [1.82, 2.24) is 10.2 Å². The Labute approximate surface area is 104 Å². The minimum absolute atomic E-state index is 0.0458. The van der Waals surface area contributed by atoms with E-state index in [9.17, 15) is 9.59 Å². The van der Waals surface area contributed by atoms with E-state index in [4.69, 9.17) is 0 Å². The molecule has 0 aromatic heterocycles. The van der Waals surface area contributed by atoms with Gasteiger partial charge >= 0.3 is 0 Å². The molecule has 0 bridgehead atoms. The maximum absolute atomic E-state index is 11.9. The zero-order valence-corrected chi connectivity index (χ0v) is 11.2. The van der Waals surface area contributed by atoms with E-state index in [2.05, 4.69) is 5.32 Å². The van der Waals surface area contributed by atoms with Crippen molar-refractivity contribution in [2.24, 2.45) is 5.41 Å². The van der Waals surface area contributed by atoms with Gasteiger partial charge in [-0.15, -0.1) is 0 Å². The zero-order chi connectivity index (χ0) is 12.9. The van der Waals surface area contributed by atoms with Crippen LogP contribution in [0.5, 0.6) is 0 Å². The maximum Gasteiger partial charge on any atom is 0.241 e. The second-order valence-corrected chi connectivity index (χ2v) is 5.73. The SMILES string of the molecule is CC(C)(C)C(=O)NCC(=O)N1CCCCCC1. The summed E-state index contributed by atoms with van der Waals surface area (Å²) < 4.78 is 0. The fraction of sp³-hybridized carbons (Fsp3) is 0.846. The minimum Gasteiger partial charge on any atom is -0.347 e. The molecular weight excluding hydrogens is 216 g/mol. The maximum atomic E-state index is 11.9. The second kappa shape index (κ2) is 6.03. The summed E-state index contributed by atoms with van der Waals surface area (Å²) in [5.41, 5.74) is -0.431. The molecule has 1 saturated heterocycles. The Kier molecular flexibility index (Phi) is 4.97. The molecule has 4 heteroatoms. The van der Waals surface area contributed by atoms with Gasteiger partial charge in [0.25, 0.3) is 0 Å². The van der Waals surface area contributed by atoms with Gasteiger partial charge in [0.05, 0.1) is 6.54 Å². The van der Waals surface area contributed by atoms with Crippen LogP contribution in [0, 0.1) is 5.41 Å². The van der Waals surface area contributed by atoms with E-state index < -0.39 is 5.41 Å². The smallest absolute Gasteiger partial charge is 0.241 e. The third-order valence-corrected chi connectivity index (χ3v) is 3.04. The van der Waals surface area contributed by atoms with E-state index in [-0.39, 0.29) is 18.4 Å². The van der Waals surface area contributed by atoms with Crippen molar-refractivity contribution in [1.29, 1.82) is 0 Å². The van der Waals surface area contributed by atoms with Crippen LogP contribution in [-0.2, 0) is 9.59 Å². The monoisotopic (exact) mass is 240 g/mol. The first-order chi connectivity index (χ1) is 7.91. The summed E-state index contributed by atoms with van der Waals surface area (Å²) >= 11 is 0. The molecule has 0 radical (unpaired) electrons. The van der Waals surface area contributed by atoms with Gasteiger partial charge < -0.3 is 10.2 Å². The molecule has 0 aromatic rings. The predicted molar refractivity (Wildman–Crippen MR) is 67.5 cm³/mol. The molecule has 98 valence electrons. The summed E-state index contributed by atoms with van der Waals surface area (Å²) in [6.45, 7) is 7.35. The van der Waals surface area contributed by atoms with E-state index in [0.29, 0.717) is 0 Å². The van der Waals surface area contributed by atoms with Crippen LogP contribution in [-0.4, -0.2) is 36.3 Å². The highest BCUT2D eigenvalue weighted by atomic mass is 16.2. The first-order valence-electron chi connectivity index (χ1n) is 6.47. The molecule has 17 heavy (non-hydrogen) atoms. The zero-order valence-electron chi connectivity index (χ0n) is 11.2. The van der Waals surface area contributed by atoms with Gasteiger partial charge in [-0.2, -0.15) is 0 Å². The number of nitrogens with one attached hydrogen (secondary N) is 1. The van der Waals surface area contributed by atoms with Crippen LogP contribution in [0.3, 0.4) is 0 Å². The molecule has 4 nitrogen and oxygen atoms in total. The van der Waals surface area contributed by atoms with Crippen molar-refractivity contribution in [2.75, 3.05) is 19.6 Å². The van der Waals surface area contributed by atoms with Gasteiger partial charge in [0.15, 0.2) is 0 Å². The second-order valence-electron chi connectivity index (χ2n) is 5.73. The molecule has 1 fully saturated rings. The number of amides is 2. The Bertz CT molecular complexity index is 274. The van der Waals surface area contributed by atoms with Crippen molar-refractivity contribution in [3.63, 3.8) is 0 Å². The summed E-state index contributed by atoms with van der Waals surface area (Å²) in [5, 5.41) is 2.71. The van der Waals surface area contributed by atoms with E-state index in [1.165, 1.54) is 12.8 Å². The van der Waals surface area contributed by atoms with E-state index in [1.54, 1.807) is 0 Å². The van der Waals surface area contributed by atoms with Crippen LogP contribution in [0.25, 0.3) is 0 Å². The highest BCUT2D eigenvalue weighted by Gasteiger charge is 2.22. The van der Waals surface area contributed by atoms with Gasteiger partial charge in [-0.05, 0) is 12.8 Å². The Balaban J connectivity index is 2.36. The van der Waals surface area contributed by atoms with E-state index >= 15 is 0 Å². The number of carbonyl (C=O) groups excluding carboxylic acids is 2. The molecule has 2 amide bonds. The largest absolute Gasteiger partial charge is 0.347 e. The van der Waals surface area contributed by atoms with E-state index in [0.717, 1.165) is 25.9 Å². The molecule has 1 aliphatic heterocycles. The third-order valence-electron chi connectivity index (χ3n) is 3.04. The molecule has 1 N–H and O–H groups in total. The van der Waals surface area contributed by atoms with Gasteiger partial charge in [-0.3, -0.25) is 9.59 Å². The Morgan fingerprint density at radius 3 is 2.06 bits per heavy atom. The molecule has 0 saturated carbocycles. The van der Waals surface area contributed by atoms with Gasteiger partial charge in [-0.1, -0.05) is 33.6 Å². The molecule has 1 heterocycles. The molecule has 1 rings (SSSR count). The minimum atomic E-state index is -0.431. The van der Waals surface area contributed by atoms with Crippen molar-refractivity contribution < 1.29 is 9.59 Å². The fourth-order valence-corrected chi connectivity index (χ4v) is 1.85. The molecule has 0 atom stereocenters. The lowest BCUT2D eigenvalue weighted by molar-refractivity contribution is -0.135. The number of hydrogen-bond donors (Lipinski definition) is 1. The lowest BCUT2D eigenvalue weighted by atomic mass is 9.96. The topological polar surface area (TPSA) is 49.4 Å². The molecule has 1 aliphatic rings. The van der Waals surface area contributed by atoms with Crippen molar-refractivity contribution in [3.05, 3.63) is 0 Å². The fourth-order valence-electron chi connectivity index (χ4n) is 1.85. The third kappa shape index (κ3) is 4.75. The van der Waals surface area contributed by atoms with Crippen molar-refractivity contribution in [3.8, 4) is 0 Å². The van der Waals surface area contributed by atoms with Gasteiger partial charge in [-0.25, -0.2) is 0 Å². The van der Waals surface area contributed by atoms with Gasteiger partial charge in [0.1, 0.15) is 0 Å². The average Bonchev–Trinajstić information content (AvgIpc) is 2.52. The van der Waals surface area contributed by atoms with Crippen LogP contribution in [0.15, 0.2) is 0 Å². The number of carbonyl (C=O) groups is 2. The summed E-state index contributed by atoms with van der Waals surface area (Å²) in [7, 11) is 0. The number of rotatable bonds is 2. The van der Waals surface area contributed by atoms with Crippen LogP contribution >= 0.6 is 0 Å². The van der Waals surface area contributed by atoms with Crippen molar-refractivity contribution in [2.45, 2.75) is 46.5 Å². The predicted octanol–water partition coefficient (Wildman–Crippen LogP) is 1.55. The quantitative estimate of drug-likeness (QED) is 0.796. The summed E-state index contributed by atoms with van der Waals surface area (Å²) in [6, 6.07) is 0. The van der Waals surface area contributed by atoms with Crippen LogP contribution < -0.4 is 5.32 Å². The first kappa shape index (κ1) is 14.0. The standard InChI is InChI=1S/C13H24N2O2/c1-13(2,3)12(17)14-10-11(16)15-8-6-4-5-7-9-15/h4-10H2,1-3H3,(H,14,17). The lowest BCUT2D eigenvalue weighted by Gasteiger charge is -2.22. The van der Waals surface area contributed by atoms with E-state index in [1.807, 2.05) is 25.7 Å². The highest BCUT2D eigenvalue weighted by Crippen LogP contribution is 2.12. The lowest BCUT2D eigenvalue weighted by Crippen LogP contribution is -2.43. The average molecular weight is 240 g/mol. The summed E-state index contributed by atoms with van der Waals surface area (Å²) in [4.78, 5) is 25.4. The Morgan fingerprint density at radius 2 is 1.59 bits per heavy atom. The number of likely N-dealkylation sites (tertiary alicyclic amines) is 1. The normalized spacial score (nSPS) is 17.5. The number of nitrogens with zero attached hydrogens (tertiary/aromatic N) is 1. The first-order valence-corrected chi connectivity index (χ1v) is 6.47. The summed E-state index contributed by atoms with van der Waals surface area (Å²) in [5.74, 6) is -0.0230. The van der Waals surface area contributed by atoms with Crippen LogP contribution in [0.1, 0.15) is 46.5 Å². The molecule has 0 unspecified atom stereocenters. The molecule has 0 aromatic carbocycles. The Hall–Kier alpha value is -1.06. The molecule has 0 aliphatic carbocycles. The highest BCUT2D eigenvalue weighted by molar-refractivity contribution is 5.87. The van der Waals surface area contributed by atoms with Crippen LogP contribution in [0.2, 0.25) is 0 Å². The summed E-state index contributed by atoms with van der Waals surface area (Å²) in [6.07, 6.45) is 4.58. The van der Waals surface area contributed by atoms with Gasteiger partial charge in [0, 0.05) is 18.5 Å². The van der Waals surface area contributed by atoms with Gasteiger partial charge in [0.2, 0.25) is 11.8 Å².